The van der Waals surface area contributed by atoms with Crippen molar-refractivity contribution in [2.45, 2.75) is 19.9 Å². The molecule has 1 saturated heterocycles. The molecule has 1 aromatic heterocycles. The Morgan fingerprint density at radius 3 is 2.36 bits per heavy atom. The van der Waals surface area contributed by atoms with Gasteiger partial charge in [0.2, 0.25) is 5.91 Å². The van der Waals surface area contributed by atoms with Crippen molar-refractivity contribution < 1.29 is 4.79 Å². The molecular weight excluding hydrogens is 412 g/mol. The van der Waals surface area contributed by atoms with Crippen LogP contribution in [0, 0.1) is 0 Å². The van der Waals surface area contributed by atoms with Gasteiger partial charge in [0.25, 0.3) is 5.56 Å². The van der Waals surface area contributed by atoms with Crippen molar-refractivity contribution in [3.05, 3.63) is 94.3 Å². The number of aromatic nitrogens is 2. The quantitative estimate of drug-likeness (QED) is 0.563. The fourth-order valence-electron chi connectivity index (χ4n) is 3.94. The van der Waals surface area contributed by atoms with E-state index in [9.17, 15) is 9.59 Å². The number of rotatable bonds is 7. The topological polar surface area (TPSA) is 58.4 Å². The molecule has 3 aromatic rings. The van der Waals surface area contributed by atoms with E-state index < -0.39 is 0 Å². The summed E-state index contributed by atoms with van der Waals surface area (Å²) in [7, 11) is 0. The van der Waals surface area contributed by atoms with E-state index in [1.807, 2.05) is 35.2 Å². The van der Waals surface area contributed by atoms with Crippen molar-refractivity contribution in [2.24, 2.45) is 0 Å². The highest BCUT2D eigenvalue weighted by molar-refractivity contribution is 5.76. The SMILES string of the molecule is CCc1ccc(-c2ccc(=O)n(CC(=O)N3CCN(C/C=C/c4ccccc4)CC3)n2)cc1. The van der Waals surface area contributed by atoms with Gasteiger partial charge in [0.05, 0.1) is 5.69 Å². The van der Waals surface area contributed by atoms with Gasteiger partial charge in [0, 0.05) is 44.4 Å². The number of piperazine rings is 1. The minimum Gasteiger partial charge on any atom is -0.339 e. The number of carbonyl (C=O) groups excluding carboxylic acids is 1. The van der Waals surface area contributed by atoms with Crippen LogP contribution >= 0.6 is 0 Å². The monoisotopic (exact) mass is 442 g/mol. The van der Waals surface area contributed by atoms with Gasteiger partial charge in [-0.3, -0.25) is 14.5 Å². The summed E-state index contributed by atoms with van der Waals surface area (Å²) in [6.07, 6.45) is 5.26. The third-order valence-electron chi connectivity index (χ3n) is 6.01. The van der Waals surface area contributed by atoms with Crippen molar-refractivity contribution in [1.29, 1.82) is 0 Å². The van der Waals surface area contributed by atoms with Gasteiger partial charge in [0.1, 0.15) is 6.54 Å². The largest absolute Gasteiger partial charge is 0.339 e. The van der Waals surface area contributed by atoms with E-state index in [4.69, 9.17) is 0 Å². The molecule has 1 amide bonds. The van der Waals surface area contributed by atoms with Crippen LogP contribution in [0.4, 0.5) is 0 Å². The lowest BCUT2D eigenvalue weighted by atomic mass is 10.1. The maximum absolute atomic E-state index is 12.9. The van der Waals surface area contributed by atoms with Gasteiger partial charge >= 0.3 is 0 Å². The first kappa shape index (κ1) is 22.7. The molecule has 0 spiro atoms. The molecule has 1 aliphatic rings. The summed E-state index contributed by atoms with van der Waals surface area (Å²) in [6.45, 7) is 5.88. The molecular formula is C27H30N4O2. The molecule has 0 aliphatic carbocycles. The molecule has 0 saturated carbocycles. The van der Waals surface area contributed by atoms with Crippen LogP contribution in [0.5, 0.6) is 0 Å². The number of aryl methyl sites for hydroxylation is 1. The highest BCUT2D eigenvalue weighted by atomic mass is 16.2. The van der Waals surface area contributed by atoms with E-state index in [-0.39, 0.29) is 18.0 Å². The Bertz CT molecular complexity index is 1140. The zero-order chi connectivity index (χ0) is 23.0. The van der Waals surface area contributed by atoms with Crippen LogP contribution in [0.15, 0.2) is 77.6 Å². The first-order valence-corrected chi connectivity index (χ1v) is 11.5. The molecule has 0 N–H and O–H groups in total. The predicted molar refractivity (Wildman–Crippen MR) is 132 cm³/mol. The summed E-state index contributed by atoms with van der Waals surface area (Å²) >= 11 is 0. The predicted octanol–water partition coefficient (Wildman–Crippen LogP) is 3.33. The zero-order valence-electron chi connectivity index (χ0n) is 19.1. The molecule has 6 nitrogen and oxygen atoms in total. The Labute approximate surface area is 194 Å². The van der Waals surface area contributed by atoms with Gasteiger partial charge in [-0.25, -0.2) is 4.68 Å². The van der Waals surface area contributed by atoms with E-state index in [0.29, 0.717) is 18.8 Å². The molecule has 4 rings (SSSR count). The Kier molecular flexibility index (Phi) is 7.47. The smallest absolute Gasteiger partial charge is 0.267 e. The fraction of sp³-hybridized carbons (Fsp3) is 0.296. The van der Waals surface area contributed by atoms with E-state index >= 15 is 0 Å². The van der Waals surface area contributed by atoms with E-state index in [0.717, 1.165) is 31.6 Å². The second-order valence-corrected chi connectivity index (χ2v) is 8.26. The van der Waals surface area contributed by atoms with Gasteiger partial charge in [-0.2, -0.15) is 5.10 Å². The summed E-state index contributed by atoms with van der Waals surface area (Å²) in [5.74, 6) is -0.0671. The minimum absolute atomic E-state index is 0.0341. The maximum Gasteiger partial charge on any atom is 0.267 e. The second kappa shape index (κ2) is 10.9. The lowest BCUT2D eigenvalue weighted by Gasteiger charge is -2.34. The van der Waals surface area contributed by atoms with Crippen LogP contribution in [-0.2, 0) is 17.8 Å². The van der Waals surface area contributed by atoms with Crippen LogP contribution in [0.25, 0.3) is 17.3 Å². The lowest BCUT2D eigenvalue weighted by molar-refractivity contribution is -0.133. The third-order valence-corrected chi connectivity index (χ3v) is 6.01. The third kappa shape index (κ3) is 6.05. The molecule has 0 unspecified atom stereocenters. The van der Waals surface area contributed by atoms with Gasteiger partial charge in [-0.1, -0.05) is 73.7 Å². The molecule has 2 heterocycles. The molecule has 33 heavy (non-hydrogen) atoms. The Hall–Kier alpha value is -3.51. The minimum atomic E-state index is -0.262. The van der Waals surface area contributed by atoms with E-state index in [2.05, 4.69) is 53.3 Å². The van der Waals surface area contributed by atoms with Crippen molar-refractivity contribution in [1.82, 2.24) is 19.6 Å². The lowest BCUT2D eigenvalue weighted by Crippen LogP contribution is -2.50. The highest BCUT2D eigenvalue weighted by Gasteiger charge is 2.21. The van der Waals surface area contributed by atoms with E-state index in [1.54, 1.807) is 6.07 Å². The van der Waals surface area contributed by atoms with Crippen LogP contribution < -0.4 is 5.56 Å². The van der Waals surface area contributed by atoms with Crippen LogP contribution in [0.1, 0.15) is 18.1 Å². The van der Waals surface area contributed by atoms with Crippen molar-refractivity contribution >= 4 is 12.0 Å². The van der Waals surface area contributed by atoms with Crippen LogP contribution in [0.3, 0.4) is 0 Å². The number of hydrogen-bond acceptors (Lipinski definition) is 4. The molecule has 1 aliphatic heterocycles. The first-order chi connectivity index (χ1) is 16.1. The van der Waals surface area contributed by atoms with Gasteiger partial charge in [0.15, 0.2) is 0 Å². The number of carbonyl (C=O) groups is 1. The molecule has 1 fully saturated rings. The Morgan fingerprint density at radius 1 is 0.939 bits per heavy atom. The van der Waals surface area contributed by atoms with Gasteiger partial charge < -0.3 is 4.90 Å². The Morgan fingerprint density at radius 2 is 1.67 bits per heavy atom. The van der Waals surface area contributed by atoms with Crippen molar-refractivity contribution in [3.63, 3.8) is 0 Å². The maximum atomic E-state index is 12.9. The molecule has 0 atom stereocenters. The van der Waals surface area contributed by atoms with Gasteiger partial charge in [-0.15, -0.1) is 0 Å². The fourth-order valence-corrected chi connectivity index (χ4v) is 3.94. The standard InChI is InChI=1S/C27H30N4O2/c1-2-22-10-12-24(13-11-22)25-14-15-26(32)31(28-25)21-27(33)30-19-17-29(18-20-30)16-6-9-23-7-4-3-5-8-23/h3-15H,2,16-21H2,1H3/b9-6+. The van der Waals surface area contributed by atoms with Crippen LogP contribution in [0.2, 0.25) is 0 Å². The second-order valence-electron chi connectivity index (χ2n) is 8.26. The van der Waals surface area contributed by atoms with Crippen molar-refractivity contribution in [3.8, 4) is 11.3 Å². The molecule has 2 aromatic carbocycles. The van der Waals surface area contributed by atoms with Crippen molar-refractivity contribution in [2.75, 3.05) is 32.7 Å². The molecule has 170 valence electrons. The number of amides is 1. The number of hydrogen-bond donors (Lipinski definition) is 0. The van der Waals surface area contributed by atoms with E-state index in [1.165, 1.54) is 21.9 Å². The Balaban J connectivity index is 1.32. The van der Waals surface area contributed by atoms with Crippen LogP contribution in [-0.4, -0.2) is 58.2 Å². The normalized spacial score (nSPS) is 14.6. The summed E-state index contributed by atoms with van der Waals surface area (Å²) < 4.78 is 1.28. The number of nitrogens with zero attached hydrogens (tertiary/aromatic N) is 4. The molecule has 6 heteroatoms. The summed E-state index contributed by atoms with van der Waals surface area (Å²) in [6, 6.07) is 21.6. The average molecular weight is 443 g/mol. The van der Waals surface area contributed by atoms with Gasteiger partial charge in [-0.05, 0) is 23.6 Å². The average Bonchev–Trinajstić information content (AvgIpc) is 2.86. The summed E-state index contributed by atoms with van der Waals surface area (Å²) in [5.41, 5.74) is 3.80. The molecule has 0 bridgehead atoms. The molecule has 0 radical (unpaired) electrons. The first-order valence-electron chi connectivity index (χ1n) is 11.5. The zero-order valence-corrected chi connectivity index (χ0v) is 19.1. The highest BCUT2D eigenvalue weighted by Crippen LogP contribution is 2.16. The summed E-state index contributed by atoms with van der Waals surface area (Å²) in [5, 5.41) is 4.45. The number of benzene rings is 2. The summed E-state index contributed by atoms with van der Waals surface area (Å²) in [4.78, 5) is 29.3.